The van der Waals surface area contributed by atoms with E-state index >= 15 is 0 Å². The molecule has 0 radical (unpaired) electrons. The van der Waals surface area contributed by atoms with E-state index in [1.54, 1.807) is 36.7 Å². The number of aromatic nitrogens is 2. The van der Waals surface area contributed by atoms with Crippen LogP contribution in [0.3, 0.4) is 0 Å². The molecule has 0 saturated heterocycles. The molecule has 0 fully saturated rings. The topological polar surface area (TPSA) is 114 Å². The molecule has 0 spiro atoms. The van der Waals surface area contributed by atoms with Gasteiger partial charge in [0.05, 0.1) is 16.3 Å². The highest BCUT2D eigenvalue weighted by Crippen LogP contribution is 2.22. The third-order valence-corrected chi connectivity index (χ3v) is 4.46. The van der Waals surface area contributed by atoms with Crippen molar-refractivity contribution in [2.24, 2.45) is 0 Å². The second kappa shape index (κ2) is 8.41. The number of nitrogens with zero attached hydrogens (tertiary/aromatic N) is 4. The molecule has 1 heterocycles. The smallest absolute Gasteiger partial charge is 0.272 e. The van der Waals surface area contributed by atoms with Crippen molar-refractivity contribution in [3.8, 4) is 11.8 Å². The van der Waals surface area contributed by atoms with Crippen LogP contribution in [0, 0.1) is 42.2 Å². The molecule has 8 nitrogen and oxygen atoms in total. The molecule has 1 N–H and O–H groups in total. The predicted molar refractivity (Wildman–Crippen MR) is 113 cm³/mol. The Morgan fingerprint density at radius 1 is 1.17 bits per heavy atom. The third-order valence-electron chi connectivity index (χ3n) is 4.46. The summed E-state index contributed by atoms with van der Waals surface area (Å²) in [6.45, 7) is 5.39. The number of nitro groups is 1. The Labute approximate surface area is 173 Å². The maximum absolute atomic E-state index is 12.7. The van der Waals surface area contributed by atoms with E-state index in [0.717, 1.165) is 11.3 Å². The van der Waals surface area contributed by atoms with Crippen LogP contribution in [0.2, 0.25) is 0 Å². The van der Waals surface area contributed by atoms with Crippen molar-refractivity contribution in [1.29, 1.82) is 5.26 Å². The molecule has 0 unspecified atom stereocenters. The summed E-state index contributed by atoms with van der Waals surface area (Å²) in [6, 6.07) is 15.7. The minimum Gasteiger partial charge on any atom is -0.306 e. The number of hydrogen-bond donors (Lipinski definition) is 1. The fraction of sp³-hybridized carbons (Fsp3) is 0.136. The number of rotatable bonds is 5. The molecule has 0 aliphatic carbocycles. The molecule has 1 amide bonds. The average molecular weight is 401 g/mol. The number of nitrogens with one attached hydrogen (secondary N) is 1. The Morgan fingerprint density at radius 3 is 2.50 bits per heavy atom. The second-order valence-corrected chi connectivity index (χ2v) is 6.85. The van der Waals surface area contributed by atoms with Gasteiger partial charge in [-0.15, -0.1) is 0 Å². The van der Waals surface area contributed by atoms with Gasteiger partial charge in [0, 0.05) is 17.7 Å². The average Bonchev–Trinajstić information content (AvgIpc) is 3.07. The Bertz CT molecular complexity index is 1200. The Balaban J connectivity index is 1.91. The summed E-state index contributed by atoms with van der Waals surface area (Å²) in [7, 11) is 0. The van der Waals surface area contributed by atoms with Crippen molar-refractivity contribution in [1.82, 2.24) is 9.78 Å². The van der Waals surface area contributed by atoms with E-state index in [-0.39, 0.29) is 11.3 Å². The molecule has 1 aromatic heterocycles. The molecule has 8 heteroatoms. The van der Waals surface area contributed by atoms with E-state index < -0.39 is 10.8 Å². The van der Waals surface area contributed by atoms with Crippen LogP contribution in [0.1, 0.15) is 22.4 Å². The van der Waals surface area contributed by atoms with Crippen molar-refractivity contribution >= 4 is 23.5 Å². The van der Waals surface area contributed by atoms with Gasteiger partial charge in [-0.2, -0.15) is 10.4 Å². The SMILES string of the molecule is Cc1ccc(-n2nc(C)cc2NC(=O)/C(C#N)=C/c2ccc(C)c([N+](=O)[O-])c2)cc1. The van der Waals surface area contributed by atoms with E-state index in [1.165, 1.54) is 12.1 Å². The minimum absolute atomic E-state index is 0.0745. The lowest BCUT2D eigenvalue weighted by atomic mass is 10.1. The van der Waals surface area contributed by atoms with Gasteiger partial charge in [-0.25, -0.2) is 4.68 Å². The first kappa shape index (κ1) is 20.5. The molecule has 3 aromatic rings. The summed E-state index contributed by atoms with van der Waals surface area (Å²) in [5.41, 5.74) is 3.19. The number of aryl methyl sites for hydroxylation is 3. The van der Waals surface area contributed by atoms with Crippen molar-refractivity contribution < 1.29 is 9.72 Å². The monoisotopic (exact) mass is 401 g/mol. The molecule has 0 aliphatic rings. The molecule has 0 aliphatic heterocycles. The molecule has 3 rings (SSSR count). The van der Waals surface area contributed by atoms with E-state index in [2.05, 4.69) is 10.4 Å². The Hall–Kier alpha value is -4.25. The van der Waals surface area contributed by atoms with E-state index in [0.29, 0.717) is 22.6 Å². The van der Waals surface area contributed by atoms with Gasteiger partial charge in [-0.1, -0.05) is 29.8 Å². The highest BCUT2D eigenvalue weighted by atomic mass is 16.6. The summed E-state index contributed by atoms with van der Waals surface area (Å²) in [5.74, 6) is -0.216. The first-order valence-electron chi connectivity index (χ1n) is 9.10. The number of benzene rings is 2. The number of amides is 1. The third kappa shape index (κ3) is 4.42. The van der Waals surface area contributed by atoms with Gasteiger partial charge in [0.15, 0.2) is 0 Å². The fourth-order valence-corrected chi connectivity index (χ4v) is 2.88. The second-order valence-electron chi connectivity index (χ2n) is 6.85. The summed E-state index contributed by atoms with van der Waals surface area (Å²) < 4.78 is 1.58. The molecule has 30 heavy (non-hydrogen) atoms. The maximum atomic E-state index is 12.7. The van der Waals surface area contributed by atoms with Crippen molar-refractivity contribution in [3.05, 3.63) is 86.6 Å². The number of carbonyl (C=O) groups is 1. The molecule has 0 atom stereocenters. The lowest BCUT2D eigenvalue weighted by Gasteiger charge is -2.09. The lowest BCUT2D eigenvalue weighted by molar-refractivity contribution is -0.385. The van der Waals surface area contributed by atoms with Gasteiger partial charge in [0.25, 0.3) is 11.6 Å². The van der Waals surface area contributed by atoms with Crippen LogP contribution in [-0.4, -0.2) is 20.6 Å². The van der Waals surface area contributed by atoms with Crippen LogP contribution in [0.5, 0.6) is 0 Å². The zero-order valence-corrected chi connectivity index (χ0v) is 16.7. The first-order chi connectivity index (χ1) is 14.3. The van der Waals surface area contributed by atoms with Crippen LogP contribution < -0.4 is 5.32 Å². The Morgan fingerprint density at radius 2 is 1.87 bits per heavy atom. The van der Waals surface area contributed by atoms with Gasteiger partial charge in [-0.05, 0) is 44.5 Å². The number of nitriles is 1. The number of carbonyl (C=O) groups excluding carboxylic acids is 1. The quantitative estimate of drug-likeness (QED) is 0.297. The van der Waals surface area contributed by atoms with Gasteiger partial charge in [-0.3, -0.25) is 14.9 Å². The van der Waals surface area contributed by atoms with Crippen molar-refractivity contribution in [2.45, 2.75) is 20.8 Å². The summed E-state index contributed by atoms with van der Waals surface area (Å²) >= 11 is 0. The number of hydrogen-bond acceptors (Lipinski definition) is 5. The highest BCUT2D eigenvalue weighted by molar-refractivity contribution is 6.09. The van der Waals surface area contributed by atoms with Crippen molar-refractivity contribution in [2.75, 3.05) is 5.32 Å². The van der Waals surface area contributed by atoms with E-state index in [4.69, 9.17) is 0 Å². The van der Waals surface area contributed by atoms with Crippen LogP contribution in [0.15, 0.2) is 54.1 Å². The molecular weight excluding hydrogens is 382 g/mol. The number of nitro benzene ring substituents is 1. The normalized spacial score (nSPS) is 11.1. The highest BCUT2D eigenvalue weighted by Gasteiger charge is 2.16. The summed E-state index contributed by atoms with van der Waals surface area (Å²) in [5, 5.41) is 27.7. The fourth-order valence-electron chi connectivity index (χ4n) is 2.88. The summed E-state index contributed by atoms with van der Waals surface area (Å²) in [4.78, 5) is 23.3. The van der Waals surface area contributed by atoms with E-state index in [1.807, 2.05) is 37.3 Å². The van der Waals surface area contributed by atoms with Crippen LogP contribution in [-0.2, 0) is 4.79 Å². The number of anilines is 1. The van der Waals surface area contributed by atoms with Crippen LogP contribution in [0.25, 0.3) is 11.8 Å². The van der Waals surface area contributed by atoms with Crippen LogP contribution >= 0.6 is 0 Å². The minimum atomic E-state index is -0.631. The van der Waals surface area contributed by atoms with Crippen LogP contribution in [0.4, 0.5) is 11.5 Å². The standard InChI is InChI=1S/C22H19N5O3/c1-14-4-8-19(9-5-14)26-21(10-16(3)25-26)24-22(28)18(13-23)11-17-7-6-15(2)20(12-17)27(29)30/h4-12H,1-3H3,(H,24,28)/b18-11+. The van der Waals surface area contributed by atoms with Crippen molar-refractivity contribution in [3.63, 3.8) is 0 Å². The van der Waals surface area contributed by atoms with Gasteiger partial charge < -0.3 is 5.32 Å². The molecular formula is C22H19N5O3. The van der Waals surface area contributed by atoms with Gasteiger partial charge >= 0.3 is 0 Å². The molecule has 2 aromatic carbocycles. The largest absolute Gasteiger partial charge is 0.306 e. The Kier molecular flexibility index (Phi) is 5.74. The van der Waals surface area contributed by atoms with Gasteiger partial charge in [0.1, 0.15) is 17.5 Å². The maximum Gasteiger partial charge on any atom is 0.272 e. The molecule has 0 saturated carbocycles. The zero-order valence-electron chi connectivity index (χ0n) is 16.7. The summed E-state index contributed by atoms with van der Waals surface area (Å²) in [6.07, 6.45) is 1.32. The van der Waals surface area contributed by atoms with Gasteiger partial charge in [0.2, 0.25) is 0 Å². The zero-order chi connectivity index (χ0) is 21.8. The first-order valence-corrected chi connectivity index (χ1v) is 9.10. The van der Waals surface area contributed by atoms with E-state index in [9.17, 15) is 20.2 Å². The predicted octanol–water partition coefficient (Wildman–Crippen LogP) is 4.25. The molecule has 150 valence electrons. The lowest BCUT2D eigenvalue weighted by Crippen LogP contribution is -2.16. The molecule has 0 bridgehead atoms.